The first kappa shape index (κ1) is 14.6. The van der Waals surface area contributed by atoms with Gasteiger partial charge in [-0.05, 0) is 56.8 Å². The summed E-state index contributed by atoms with van der Waals surface area (Å²) in [5.41, 5.74) is 0.846. The summed E-state index contributed by atoms with van der Waals surface area (Å²) in [5.74, 6) is 0.915. The van der Waals surface area contributed by atoms with Crippen LogP contribution in [0.15, 0.2) is 30.3 Å². The summed E-state index contributed by atoms with van der Waals surface area (Å²) in [6, 6.07) is 10.3. The number of likely N-dealkylation sites (tertiary alicyclic amines) is 1. The van der Waals surface area contributed by atoms with Crippen LogP contribution in [0.1, 0.15) is 48.9 Å². The third-order valence-corrected chi connectivity index (χ3v) is 5.01. The van der Waals surface area contributed by atoms with Gasteiger partial charge in [0.2, 0.25) is 0 Å². The van der Waals surface area contributed by atoms with Crippen LogP contribution in [0.5, 0.6) is 0 Å². The minimum atomic E-state index is 0.237. The number of nitrogens with zero attached hydrogens (tertiary/aromatic N) is 1. The van der Waals surface area contributed by atoms with E-state index in [2.05, 4.69) is 10.2 Å². The molecule has 3 heteroatoms. The van der Waals surface area contributed by atoms with Gasteiger partial charge in [-0.15, -0.1) is 0 Å². The minimum absolute atomic E-state index is 0.237. The molecule has 2 aliphatic heterocycles. The van der Waals surface area contributed by atoms with E-state index >= 15 is 0 Å². The highest BCUT2D eigenvalue weighted by Gasteiger charge is 2.32. The Bertz CT molecular complexity index is 454. The monoisotopic (exact) mass is 286 g/mol. The Balaban J connectivity index is 1.79. The van der Waals surface area contributed by atoms with Gasteiger partial charge in [0.1, 0.15) is 0 Å². The normalized spacial score (nSPS) is 24.6. The molecule has 114 valence electrons. The molecule has 1 N–H and O–H groups in total. The first-order valence-electron chi connectivity index (χ1n) is 8.43. The lowest BCUT2D eigenvalue weighted by Gasteiger charge is -2.38. The molecule has 21 heavy (non-hydrogen) atoms. The Kier molecular flexibility index (Phi) is 4.91. The molecular formula is C18H26N2O. The van der Waals surface area contributed by atoms with Crippen molar-refractivity contribution in [3.8, 4) is 0 Å². The quantitative estimate of drug-likeness (QED) is 0.906. The number of carbonyl (C=O) groups is 1. The van der Waals surface area contributed by atoms with Crippen molar-refractivity contribution in [1.29, 1.82) is 0 Å². The van der Waals surface area contributed by atoms with Crippen LogP contribution in [0, 0.1) is 5.92 Å². The fraction of sp³-hybridized carbons (Fsp3) is 0.611. The highest BCUT2D eigenvalue weighted by Crippen LogP contribution is 2.29. The van der Waals surface area contributed by atoms with Gasteiger partial charge in [0.15, 0.2) is 0 Å². The van der Waals surface area contributed by atoms with Crippen molar-refractivity contribution in [1.82, 2.24) is 10.2 Å². The summed E-state index contributed by atoms with van der Waals surface area (Å²) < 4.78 is 0. The van der Waals surface area contributed by atoms with Gasteiger partial charge in [0.25, 0.3) is 5.91 Å². The number of nitrogens with one attached hydrogen (secondary N) is 1. The number of amides is 1. The van der Waals surface area contributed by atoms with E-state index in [1.54, 1.807) is 0 Å². The van der Waals surface area contributed by atoms with E-state index in [4.69, 9.17) is 0 Å². The Morgan fingerprint density at radius 3 is 2.52 bits per heavy atom. The van der Waals surface area contributed by atoms with E-state index in [0.29, 0.717) is 12.0 Å². The Hall–Kier alpha value is -1.35. The summed E-state index contributed by atoms with van der Waals surface area (Å²) >= 11 is 0. The molecule has 2 fully saturated rings. The molecule has 0 spiro atoms. The van der Waals surface area contributed by atoms with Crippen LogP contribution in [0.4, 0.5) is 0 Å². The lowest BCUT2D eigenvalue weighted by molar-refractivity contribution is 0.0582. The molecule has 1 unspecified atom stereocenters. The van der Waals surface area contributed by atoms with Gasteiger partial charge in [-0.2, -0.15) is 0 Å². The molecule has 3 nitrogen and oxygen atoms in total. The van der Waals surface area contributed by atoms with Crippen molar-refractivity contribution in [2.45, 2.75) is 44.6 Å². The second kappa shape index (κ2) is 7.08. The third kappa shape index (κ3) is 3.46. The SMILES string of the molecule is O=C(c1ccccc1)N1CCCCCC1C1CCNCC1. The van der Waals surface area contributed by atoms with E-state index < -0.39 is 0 Å². The lowest BCUT2D eigenvalue weighted by atomic mass is 9.86. The molecule has 2 aliphatic rings. The summed E-state index contributed by atoms with van der Waals surface area (Å²) in [5, 5.41) is 3.44. The van der Waals surface area contributed by atoms with Crippen molar-refractivity contribution >= 4 is 5.91 Å². The van der Waals surface area contributed by atoms with Crippen LogP contribution < -0.4 is 5.32 Å². The summed E-state index contributed by atoms with van der Waals surface area (Å²) in [4.78, 5) is 15.1. The molecule has 0 aliphatic carbocycles. The van der Waals surface area contributed by atoms with Crippen molar-refractivity contribution < 1.29 is 4.79 Å². The van der Waals surface area contributed by atoms with Gasteiger partial charge in [0.05, 0.1) is 0 Å². The maximum absolute atomic E-state index is 12.9. The standard InChI is InChI=1S/C18H26N2O/c21-18(16-7-3-1-4-8-16)20-14-6-2-5-9-17(20)15-10-12-19-13-11-15/h1,3-4,7-8,15,17,19H,2,5-6,9-14H2. The van der Waals surface area contributed by atoms with Crippen molar-refractivity contribution in [2.24, 2.45) is 5.92 Å². The zero-order valence-corrected chi connectivity index (χ0v) is 12.8. The molecule has 2 heterocycles. The molecule has 1 atom stereocenters. The first-order chi connectivity index (χ1) is 10.4. The molecule has 1 aromatic rings. The topological polar surface area (TPSA) is 32.3 Å². The van der Waals surface area contributed by atoms with Crippen molar-refractivity contribution in [3.63, 3.8) is 0 Å². The van der Waals surface area contributed by atoms with E-state index in [-0.39, 0.29) is 5.91 Å². The van der Waals surface area contributed by atoms with Gasteiger partial charge in [-0.3, -0.25) is 4.79 Å². The Morgan fingerprint density at radius 2 is 1.76 bits per heavy atom. The fourth-order valence-electron chi connectivity index (χ4n) is 3.85. The van der Waals surface area contributed by atoms with Gasteiger partial charge < -0.3 is 10.2 Å². The largest absolute Gasteiger partial charge is 0.335 e. The van der Waals surface area contributed by atoms with Gasteiger partial charge in [-0.1, -0.05) is 31.0 Å². The van der Waals surface area contributed by atoms with Gasteiger partial charge >= 0.3 is 0 Å². The summed E-state index contributed by atoms with van der Waals surface area (Å²) in [6.07, 6.45) is 7.29. The zero-order chi connectivity index (χ0) is 14.5. The minimum Gasteiger partial charge on any atom is -0.335 e. The molecule has 0 aromatic heterocycles. The summed E-state index contributed by atoms with van der Waals surface area (Å²) in [6.45, 7) is 3.14. The summed E-state index contributed by atoms with van der Waals surface area (Å²) in [7, 11) is 0. The molecule has 0 radical (unpaired) electrons. The first-order valence-corrected chi connectivity index (χ1v) is 8.43. The Labute approximate surface area is 127 Å². The molecule has 1 aromatic carbocycles. The predicted octanol–water partition coefficient (Wildman–Crippen LogP) is 3.07. The maximum Gasteiger partial charge on any atom is 0.254 e. The van der Waals surface area contributed by atoms with E-state index in [9.17, 15) is 4.79 Å². The molecule has 1 amide bonds. The molecule has 2 saturated heterocycles. The van der Waals surface area contributed by atoms with Crippen molar-refractivity contribution in [2.75, 3.05) is 19.6 Å². The van der Waals surface area contributed by atoms with Crippen LogP contribution in [-0.4, -0.2) is 36.5 Å². The van der Waals surface area contributed by atoms with Gasteiger partial charge in [0, 0.05) is 18.2 Å². The third-order valence-electron chi connectivity index (χ3n) is 5.01. The molecule has 0 bridgehead atoms. The second-order valence-corrected chi connectivity index (χ2v) is 6.37. The highest BCUT2D eigenvalue weighted by molar-refractivity contribution is 5.94. The average Bonchev–Trinajstić information content (AvgIpc) is 2.81. The molecule has 0 saturated carbocycles. The number of piperidine rings is 1. The number of benzene rings is 1. The predicted molar refractivity (Wildman–Crippen MR) is 85.3 cm³/mol. The second-order valence-electron chi connectivity index (χ2n) is 6.37. The number of rotatable bonds is 2. The van der Waals surface area contributed by atoms with Crippen LogP contribution in [0.2, 0.25) is 0 Å². The lowest BCUT2D eigenvalue weighted by Crippen LogP contribution is -2.47. The van der Waals surface area contributed by atoms with Crippen LogP contribution in [0.3, 0.4) is 0 Å². The number of hydrogen-bond donors (Lipinski definition) is 1. The van der Waals surface area contributed by atoms with E-state index in [1.807, 2.05) is 30.3 Å². The van der Waals surface area contributed by atoms with Crippen molar-refractivity contribution in [3.05, 3.63) is 35.9 Å². The fourth-order valence-corrected chi connectivity index (χ4v) is 3.85. The van der Waals surface area contributed by atoms with E-state index in [0.717, 1.165) is 31.6 Å². The molecule has 3 rings (SSSR count). The van der Waals surface area contributed by atoms with Gasteiger partial charge in [-0.25, -0.2) is 0 Å². The number of carbonyl (C=O) groups excluding carboxylic acids is 1. The van der Waals surface area contributed by atoms with Crippen LogP contribution in [0.25, 0.3) is 0 Å². The average molecular weight is 286 g/mol. The number of hydrogen-bond acceptors (Lipinski definition) is 2. The highest BCUT2D eigenvalue weighted by atomic mass is 16.2. The Morgan fingerprint density at radius 1 is 1.00 bits per heavy atom. The zero-order valence-electron chi connectivity index (χ0n) is 12.8. The van der Waals surface area contributed by atoms with Crippen LogP contribution in [-0.2, 0) is 0 Å². The maximum atomic E-state index is 12.9. The van der Waals surface area contributed by atoms with Crippen LogP contribution >= 0.6 is 0 Å². The molecular weight excluding hydrogens is 260 g/mol. The van der Waals surface area contributed by atoms with E-state index in [1.165, 1.54) is 32.1 Å². The smallest absolute Gasteiger partial charge is 0.254 e.